The lowest BCUT2D eigenvalue weighted by Gasteiger charge is -2.15. The van der Waals surface area contributed by atoms with Crippen LogP contribution in [-0.2, 0) is 16.6 Å². The zero-order valence-corrected chi connectivity index (χ0v) is 12.0. The van der Waals surface area contributed by atoms with Gasteiger partial charge in [-0.05, 0) is 17.9 Å². The lowest BCUT2D eigenvalue weighted by molar-refractivity contribution is 0.278. The van der Waals surface area contributed by atoms with Crippen LogP contribution in [-0.4, -0.2) is 23.7 Å². The summed E-state index contributed by atoms with van der Waals surface area (Å²) in [7, 11) is -3.72. The molecule has 104 valence electrons. The van der Waals surface area contributed by atoms with Crippen molar-refractivity contribution < 1.29 is 13.5 Å². The lowest BCUT2D eigenvalue weighted by atomic mass is 10.2. The molecule has 0 bridgehead atoms. The van der Waals surface area contributed by atoms with E-state index in [1.807, 2.05) is 24.4 Å². The van der Waals surface area contributed by atoms with Crippen molar-refractivity contribution in [1.82, 2.24) is 14.9 Å². The quantitative estimate of drug-likeness (QED) is 0.751. The molecule has 2 heterocycles. The molecule has 0 amide bonds. The zero-order chi connectivity index (χ0) is 13.9. The molecule has 0 aliphatic carbocycles. The third-order valence-corrected chi connectivity index (χ3v) is 5.18. The molecule has 0 spiro atoms. The second kappa shape index (κ2) is 5.83. The Kier molecular flexibility index (Phi) is 4.35. The summed E-state index contributed by atoms with van der Waals surface area (Å²) < 4.78 is 27.1. The highest BCUT2D eigenvalue weighted by molar-refractivity contribution is 7.89. The topological polar surface area (TPSA) is 95.1 Å². The van der Waals surface area contributed by atoms with Gasteiger partial charge in [-0.1, -0.05) is 13.0 Å². The number of nitrogens with one attached hydrogen (secondary N) is 2. The highest BCUT2D eigenvalue weighted by atomic mass is 32.2. The monoisotopic (exact) mass is 301 g/mol. The summed E-state index contributed by atoms with van der Waals surface area (Å²) in [5.41, 5.74) is 0.258. The van der Waals surface area contributed by atoms with E-state index in [0.29, 0.717) is 6.42 Å². The number of aromatic amines is 1. The summed E-state index contributed by atoms with van der Waals surface area (Å²) in [6.07, 6.45) is 1.95. The van der Waals surface area contributed by atoms with Crippen LogP contribution in [0.5, 0.6) is 0 Å². The maximum atomic E-state index is 12.2. The molecule has 0 aliphatic heterocycles. The molecule has 0 saturated carbocycles. The highest BCUT2D eigenvalue weighted by Gasteiger charge is 2.24. The first-order chi connectivity index (χ1) is 9.08. The third-order valence-electron chi connectivity index (χ3n) is 2.71. The van der Waals surface area contributed by atoms with Gasteiger partial charge in [-0.2, -0.15) is 5.10 Å². The fourth-order valence-corrected chi connectivity index (χ4v) is 4.08. The van der Waals surface area contributed by atoms with E-state index in [1.54, 1.807) is 0 Å². The molecule has 1 unspecified atom stereocenters. The van der Waals surface area contributed by atoms with Crippen molar-refractivity contribution in [3.63, 3.8) is 0 Å². The number of thiophene rings is 1. The van der Waals surface area contributed by atoms with E-state index < -0.39 is 10.0 Å². The second-order valence-electron chi connectivity index (χ2n) is 3.98. The van der Waals surface area contributed by atoms with Crippen molar-refractivity contribution >= 4 is 21.4 Å². The number of hydrogen-bond acceptors (Lipinski definition) is 5. The first-order valence-corrected chi connectivity index (χ1v) is 8.13. The van der Waals surface area contributed by atoms with Crippen molar-refractivity contribution in [2.24, 2.45) is 0 Å². The Labute approximate surface area is 115 Å². The first-order valence-electron chi connectivity index (χ1n) is 5.77. The number of hydrogen-bond donors (Lipinski definition) is 3. The van der Waals surface area contributed by atoms with Crippen LogP contribution < -0.4 is 4.72 Å². The maximum Gasteiger partial charge on any atom is 0.258 e. The van der Waals surface area contributed by atoms with Gasteiger partial charge in [-0.15, -0.1) is 11.3 Å². The minimum absolute atomic E-state index is 0.0787. The fraction of sp³-hybridized carbons (Fsp3) is 0.364. The molecular weight excluding hydrogens is 286 g/mol. The van der Waals surface area contributed by atoms with Crippen molar-refractivity contribution in [3.8, 4) is 0 Å². The van der Waals surface area contributed by atoms with Gasteiger partial charge in [0.25, 0.3) is 10.0 Å². The molecule has 2 rings (SSSR count). The molecule has 19 heavy (non-hydrogen) atoms. The van der Waals surface area contributed by atoms with Crippen molar-refractivity contribution in [1.29, 1.82) is 0 Å². The van der Waals surface area contributed by atoms with Crippen LogP contribution in [0.1, 0.15) is 29.8 Å². The fourth-order valence-electron chi connectivity index (χ4n) is 1.72. The van der Waals surface area contributed by atoms with Gasteiger partial charge >= 0.3 is 0 Å². The molecule has 3 N–H and O–H groups in total. The van der Waals surface area contributed by atoms with Crippen LogP contribution in [0, 0.1) is 0 Å². The van der Waals surface area contributed by atoms with Gasteiger partial charge in [0, 0.05) is 10.4 Å². The SMILES string of the molecule is CCC(NS(=O)(=O)c1[nH]ncc1CO)c1cccs1. The van der Waals surface area contributed by atoms with E-state index in [9.17, 15) is 8.42 Å². The zero-order valence-electron chi connectivity index (χ0n) is 10.3. The standard InChI is InChI=1S/C11H15N3O3S2/c1-2-9(10-4-3-5-18-10)14-19(16,17)11-8(7-15)6-12-13-11/h3-6,9,14-15H,2,7H2,1H3,(H,12,13). The molecule has 0 saturated heterocycles. The van der Waals surface area contributed by atoms with Crippen LogP contribution in [0.15, 0.2) is 28.7 Å². The number of aliphatic hydroxyl groups is 1. The Balaban J connectivity index is 2.26. The van der Waals surface area contributed by atoms with Gasteiger partial charge in [0.05, 0.1) is 18.8 Å². The Bertz CT molecular complexity index is 619. The Morgan fingerprint density at radius 1 is 1.58 bits per heavy atom. The summed E-state index contributed by atoms with van der Waals surface area (Å²) in [6, 6.07) is 3.49. The Hall–Kier alpha value is -1.22. The van der Waals surface area contributed by atoms with E-state index in [4.69, 9.17) is 5.11 Å². The molecule has 0 aromatic carbocycles. The Morgan fingerprint density at radius 2 is 2.37 bits per heavy atom. The predicted molar refractivity (Wildman–Crippen MR) is 72.2 cm³/mol. The summed E-state index contributed by atoms with van der Waals surface area (Å²) in [6.45, 7) is 1.54. The normalized spacial score (nSPS) is 13.6. The second-order valence-corrected chi connectivity index (χ2v) is 6.61. The summed E-state index contributed by atoms with van der Waals surface area (Å²) in [5.74, 6) is 0. The van der Waals surface area contributed by atoms with Crippen LogP contribution in [0.25, 0.3) is 0 Å². The molecule has 0 fully saturated rings. The van der Waals surface area contributed by atoms with E-state index in [1.165, 1.54) is 17.5 Å². The number of aromatic nitrogens is 2. The summed E-state index contributed by atoms with van der Waals surface area (Å²) in [4.78, 5) is 0.955. The lowest BCUT2D eigenvalue weighted by Crippen LogP contribution is -2.28. The number of rotatable bonds is 6. The van der Waals surface area contributed by atoms with Crippen LogP contribution in [0.2, 0.25) is 0 Å². The van der Waals surface area contributed by atoms with Crippen molar-refractivity contribution in [2.75, 3.05) is 0 Å². The predicted octanol–water partition coefficient (Wildman–Crippen LogP) is 1.39. The first kappa shape index (κ1) is 14.2. The van der Waals surface area contributed by atoms with Gasteiger partial charge in [-0.3, -0.25) is 5.10 Å². The van der Waals surface area contributed by atoms with Crippen molar-refractivity contribution in [2.45, 2.75) is 31.0 Å². The van der Waals surface area contributed by atoms with Gasteiger partial charge in [0.1, 0.15) is 0 Å². The number of sulfonamides is 1. The Morgan fingerprint density at radius 3 is 2.95 bits per heavy atom. The summed E-state index contributed by atoms with van der Waals surface area (Å²) >= 11 is 1.50. The minimum Gasteiger partial charge on any atom is -0.392 e. The van der Waals surface area contributed by atoms with E-state index in [-0.39, 0.29) is 23.2 Å². The molecule has 1 atom stereocenters. The number of nitrogens with zero attached hydrogens (tertiary/aromatic N) is 1. The van der Waals surface area contributed by atoms with Gasteiger partial charge in [0.2, 0.25) is 0 Å². The van der Waals surface area contributed by atoms with E-state index in [2.05, 4.69) is 14.9 Å². The van der Waals surface area contributed by atoms with Gasteiger partial charge in [-0.25, -0.2) is 13.1 Å². The molecule has 2 aromatic heterocycles. The maximum absolute atomic E-state index is 12.2. The van der Waals surface area contributed by atoms with Crippen LogP contribution in [0.3, 0.4) is 0 Å². The molecule has 0 radical (unpaired) electrons. The minimum atomic E-state index is -3.72. The van der Waals surface area contributed by atoms with Crippen LogP contribution >= 0.6 is 11.3 Å². The molecule has 2 aromatic rings. The largest absolute Gasteiger partial charge is 0.392 e. The van der Waals surface area contributed by atoms with Gasteiger partial charge in [0.15, 0.2) is 5.03 Å². The van der Waals surface area contributed by atoms with Crippen molar-refractivity contribution in [3.05, 3.63) is 34.2 Å². The highest BCUT2D eigenvalue weighted by Crippen LogP contribution is 2.24. The number of aliphatic hydroxyl groups excluding tert-OH is 1. The molecule has 0 aliphatic rings. The van der Waals surface area contributed by atoms with Crippen LogP contribution in [0.4, 0.5) is 0 Å². The third kappa shape index (κ3) is 3.03. The molecular formula is C11H15N3O3S2. The van der Waals surface area contributed by atoms with E-state index in [0.717, 1.165) is 4.88 Å². The van der Waals surface area contributed by atoms with Gasteiger partial charge < -0.3 is 5.11 Å². The summed E-state index contributed by atoms with van der Waals surface area (Å²) in [5, 5.41) is 17.0. The average molecular weight is 301 g/mol. The molecule has 8 heteroatoms. The smallest absolute Gasteiger partial charge is 0.258 e. The molecule has 6 nitrogen and oxygen atoms in total. The number of H-pyrrole nitrogens is 1. The van der Waals surface area contributed by atoms with E-state index >= 15 is 0 Å². The average Bonchev–Trinajstić information content (AvgIpc) is 3.06.